The molecule has 1 aliphatic carbocycles. The third-order valence-electron chi connectivity index (χ3n) is 10.1. The SMILES string of the molecule is C1=CC2=C(CC1)Oc1cc3c4c5c1[SH]2n1c2ccccc2c2cc6c7ccccc7n(c6c-5c21)B4c1ccccc1O3. The molecule has 0 spiro atoms. The minimum atomic E-state index is -0.871. The van der Waals surface area contributed by atoms with Gasteiger partial charge in [0.1, 0.15) is 23.0 Å². The van der Waals surface area contributed by atoms with E-state index >= 15 is 0 Å². The van der Waals surface area contributed by atoms with Crippen LogP contribution in [0.3, 0.4) is 0 Å². The van der Waals surface area contributed by atoms with Crippen molar-refractivity contribution >= 4 is 72.5 Å². The van der Waals surface area contributed by atoms with E-state index in [1.54, 1.807) is 0 Å². The Kier molecular flexibility index (Phi) is 3.40. The van der Waals surface area contributed by atoms with E-state index in [1.807, 2.05) is 0 Å². The molecule has 0 N–H and O–H groups in total. The molecule has 2 aromatic heterocycles. The quantitative estimate of drug-likeness (QED) is 0.153. The van der Waals surface area contributed by atoms with E-state index in [9.17, 15) is 0 Å². The predicted octanol–water partition coefficient (Wildman–Crippen LogP) is 7.73. The molecule has 0 radical (unpaired) electrons. The fourth-order valence-corrected chi connectivity index (χ4v) is 11.4. The number of para-hydroxylation sites is 3. The lowest BCUT2D eigenvalue weighted by atomic mass is 9.46. The van der Waals surface area contributed by atoms with Crippen molar-refractivity contribution in [2.24, 2.45) is 0 Å². The average Bonchev–Trinajstić information content (AvgIpc) is 3.55. The molecule has 1 atom stereocenters. The second-order valence-electron chi connectivity index (χ2n) is 12.0. The van der Waals surface area contributed by atoms with Gasteiger partial charge >= 0.3 is 6.85 Å². The molecule has 0 fully saturated rings. The summed E-state index contributed by atoms with van der Waals surface area (Å²) < 4.78 is 19.0. The van der Waals surface area contributed by atoms with E-state index in [-0.39, 0.29) is 6.85 Å². The maximum Gasteiger partial charge on any atom is 0.336 e. The first-order valence-electron chi connectivity index (χ1n) is 14.7. The Morgan fingerprint density at radius 1 is 0.690 bits per heavy atom. The number of nitrogens with zero attached hydrogens (tertiary/aromatic N) is 2. The summed E-state index contributed by atoms with van der Waals surface area (Å²) in [6.45, 7) is 0.0302. The molecule has 0 saturated carbocycles. The third kappa shape index (κ3) is 2.12. The van der Waals surface area contributed by atoms with Crippen LogP contribution in [0.5, 0.6) is 17.2 Å². The molecule has 6 heteroatoms. The molecule has 0 amide bonds. The molecule has 5 aliphatic rings. The normalized spacial score (nSPS) is 19.0. The number of hydrogen-bond acceptors (Lipinski definition) is 2. The average molecular weight is 556 g/mol. The minimum Gasteiger partial charge on any atom is -0.459 e. The minimum absolute atomic E-state index is 0.0302. The zero-order valence-corrected chi connectivity index (χ0v) is 23.3. The van der Waals surface area contributed by atoms with Gasteiger partial charge in [-0.3, -0.25) is 3.97 Å². The van der Waals surface area contributed by atoms with Crippen molar-refractivity contribution in [1.82, 2.24) is 8.45 Å². The summed E-state index contributed by atoms with van der Waals surface area (Å²) in [5, 5.41) is 5.29. The number of hydrogen-bond donors (Lipinski definition) is 1. The lowest BCUT2D eigenvalue weighted by molar-refractivity contribution is 0.385. The molecule has 12 rings (SSSR count). The van der Waals surface area contributed by atoms with Gasteiger partial charge in [0.05, 0.1) is 15.9 Å². The molecular formula is C36H21BN2O2S. The Balaban J connectivity index is 1.41. The largest absolute Gasteiger partial charge is 0.459 e. The van der Waals surface area contributed by atoms with Crippen LogP contribution in [0.1, 0.15) is 12.8 Å². The lowest BCUT2D eigenvalue weighted by Crippen LogP contribution is -2.54. The van der Waals surface area contributed by atoms with Gasteiger partial charge in [0.15, 0.2) is 0 Å². The Bertz CT molecular complexity index is 2550. The predicted molar refractivity (Wildman–Crippen MR) is 173 cm³/mol. The molecule has 4 aliphatic heterocycles. The molecule has 4 nitrogen and oxygen atoms in total. The van der Waals surface area contributed by atoms with Crippen LogP contribution < -0.4 is 20.4 Å². The number of fused-ring (bicyclic) bond motifs is 11. The van der Waals surface area contributed by atoms with Gasteiger partial charge in [-0.25, -0.2) is 0 Å². The van der Waals surface area contributed by atoms with Gasteiger partial charge in [-0.1, -0.05) is 60.7 Å². The Labute approximate surface area is 243 Å². The van der Waals surface area contributed by atoms with Crippen molar-refractivity contribution in [2.45, 2.75) is 17.7 Å². The molecule has 5 aromatic carbocycles. The van der Waals surface area contributed by atoms with Crippen LogP contribution in [0.15, 0.2) is 113 Å². The van der Waals surface area contributed by atoms with Crippen LogP contribution >= 0.6 is 11.1 Å². The number of allylic oxidation sites excluding steroid dienone is 3. The highest BCUT2D eigenvalue weighted by atomic mass is 32.2. The first kappa shape index (κ1) is 21.0. The van der Waals surface area contributed by atoms with Crippen LogP contribution in [-0.4, -0.2) is 15.3 Å². The van der Waals surface area contributed by atoms with Crippen molar-refractivity contribution < 1.29 is 9.47 Å². The van der Waals surface area contributed by atoms with Gasteiger partial charge < -0.3 is 14.0 Å². The number of rotatable bonds is 0. The van der Waals surface area contributed by atoms with Crippen molar-refractivity contribution in [3.05, 3.63) is 108 Å². The fourth-order valence-electron chi connectivity index (χ4n) is 8.56. The van der Waals surface area contributed by atoms with Crippen LogP contribution in [0.25, 0.3) is 54.7 Å². The molecular weight excluding hydrogens is 535 g/mol. The highest BCUT2D eigenvalue weighted by molar-refractivity contribution is 8.19. The smallest absolute Gasteiger partial charge is 0.336 e. The van der Waals surface area contributed by atoms with Gasteiger partial charge in [0, 0.05) is 66.6 Å². The summed E-state index contributed by atoms with van der Waals surface area (Å²) in [5.74, 6) is 3.95. The Morgan fingerprint density at radius 2 is 1.48 bits per heavy atom. The first-order chi connectivity index (χ1) is 20.9. The summed E-state index contributed by atoms with van der Waals surface area (Å²) in [4.78, 5) is 2.70. The van der Waals surface area contributed by atoms with E-state index in [0.717, 1.165) is 35.8 Å². The van der Waals surface area contributed by atoms with Crippen LogP contribution in [0.4, 0.5) is 0 Å². The molecule has 0 bridgehead atoms. The first-order valence-corrected chi connectivity index (χ1v) is 16.0. The maximum atomic E-state index is 6.86. The third-order valence-corrected chi connectivity index (χ3v) is 12.6. The van der Waals surface area contributed by atoms with Crippen molar-refractivity contribution in [3.8, 4) is 28.4 Å². The Morgan fingerprint density at radius 3 is 2.40 bits per heavy atom. The van der Waals surface area contributed by atoms with Crippen molar-refractivity contribution in [2.75, 3.05) is 0 Å². The van der Waals surface area contributed by atoms with Gasteiger partial charge in [0.25, 0.3) is 0 Å². The zero-order valence-electron chi connectivity index (χ0n) is 22.4. The van der Waals surface area contributed by atoms with E-state index < -0.39 is 11.1 Å². The van der Waals surface area contributed by atoms with Crippen LogP contribution in [-0.2, 0) is 0 Å². The summed E-state index contributed by atoms with van der Waals surface area (Å²) in [5.41, 5.74) is 10.5. The second-order valence-corrected chi connectivity index (χ2v) is 13.9. The molecule has 7 aromatic rings. The maximum absolute atomic E-state index is 6.86. The highest BCUT2D eigenvalue weighted by Gasteiger charge is 2.48. The summed E-state index contributed by atoms with van der Waals surface area (Å²) >= 11 is -0.871. The van der Waals surface area contributed by atoms with Gasteiger partial charge in [-0.2, -0.15) is 0 Å². The number of aromatic nitrogens is 2. The monoisotopic (exact) mass is 556 g/mol. The van der Waals surface area contributed by atoms with Gasteiger partial charge in [0.2, 0.25) is 0 Å². The van der Waals surface area contributed by atoms with Crippen LogP contribution in [0, 0.1) is 0 Å². The topological polar surface area (TPSA) is 28.3 Å². The molecule has 1 unspecified atom stereocenters. The summed E-state index contributed by atoms with van der Waals surface area (Å²) in [6.07, 6.45) is 6.64. The zero-order chi connectivity index (χ0) is 26.8. The fraction of sp³-hybridized carbons (Fsp3) is 0.0556. The number of thiol groups is 1. The summed E-state index contributed by atoms with van der Waals surface area (Å²) in [7, 11) is 0. The van der Waals surface area contributed by atoms with E-state index in [2.05, 4.69) is 106 Å². The standard InChI is InChI=1S/C36H21BN2O2S/c1-4-12-24-19(9-1)21-17-22-20-10-2-5-13-25(20)39-35(22)32-31-33-28(18-29-36(31)42(39)30-16-8-7-15-27(30)41-29)40-26-14-6-3-11-23(26)37(33)38(24)34(21)32/h1-6,8-14,16-18,42H,7,15H2. The van der Waals surface area contributed by atoms with Gasteiger partial charge in [-0.05, 0) is 42.2 Å². The Hall–Kier alpha value is -4.81. The van der Waals surface area contributed by atoms with E-state index in [0.29, 0.717) is 0 Å². The van der Waals surface area contributed by atoms with E-state index in [1.165, 1.54) is 75.5 Å². The molecule has 196 valence electrons. The molecule has 6 heterocycles. The summed E-state index contributed by atoms with van der Waals surface area (Å²) in [6, 6.07) is 31.2. The van der Waals surface area contributed by atoms with E-state index in [4.69, 9.17) is 9.47 Å². The van der Waals surface area contributed by atoms with Crippen LogP contribution in [0.2, 0.25) is 0 Å². The second kappa shape index (κ2) is 6.80. The van der Waals surface area contributed by atoms with Crippen molar-refractivity contribution in [3.63, 3.8) is 0 Å². The lowest BCUT2D eigenvalue weighted by Gasteiger charge is -2.44. The van der Waals surface area contributed by atoms with Gasteiger partial charge in [-0.15, -0.1) is 11.1 Å². The van der Waals surface area contributed by atoms with Crippen molar-refractivity contribution in [1.29, 1.82) is 0 Å². The molecule has 0 saturated heterocycles. The molecule has 42 heavy (non-hydrogen) atoms. The highest BCUT2D eigenvalue weighted by Crippen LogP contribution is 2.66. The number of ether oxygens (including phenoxy) is 2. The number of benzene rings is 5.